The maximum Gasteiger partial charge on any atom is 0.472 e. The van der Waals surface area contributed by atoms with Crippen molar-refractivity contribution in [3.63, 3.8) is 0 Å². The van der Waals surface area contributed by atoms with Crippen LogP contribution >= 0.6 is 0 Å². The largest absolute Gasteiger partial charge is 0.472 e. The van der Waals surface area contributed by atoms with Crippen molar-refractivity contribution in [2.24, 2.45) is 0 Å². The summed E-state index contributed by atoms with van der Waals surface area (Å²) >= 11 is 0. The molecule has 2 rings (SSSR count). The summed E-state index contributed by atoms with van der Waals surface area (Å²) in [4.78, 5) is 11.5. The molecule has 17 heavy (non-hydrogen) atoms. The van der Waals surface area contributed by atoms with Crippen LogP contribution in [-0.2, 0) is 6.42 Å². The molecule has 0 aliphatic rings. The van der Waals surface area contributed by atoms with E-state index in [2.05, 4.69) is 41.4 Å². The predicted octanol–water partition coefficient (Wildman–Crippen LogP) is 1.64. The monoisotopic (exact) mass is 234 g/mol. The third-order valence-corrected chi connectivity index (χ3v) is 2.04. The molecule has 5 heteroatoms. The number of hydrogen-bond donors (Lipinski definition) is 2. The Bertz CT molecular complexity index is 404. The van der Waals surface area contributed by atoms with Crippen LogP contribution in [0.4, 0.5) is 0 Å². The van der Waals surface area contributed by atoms with Crippen molar-refractivity contribution in [3.05, 3.63) is 70.9 Å². The van der Waals surface area contributed by atoms with Crippen molar-refractivity contribution in [1.29, 1.82) is 0 Å². The molecule has 0 amide bonds. The average molecular weight is 234 g/mol. The molecule has 0 aliphatic heterocycles. The van der Waals surface area contributed by atoms with Gasteiger partial charge < -0.3 is 0 Å². The van der Waals surface area contributed by atoms with E-state index in [0.717, 1.165) is 6.42 Å². The lowest BCUT2D eigenvalue weighted by atomic mass is 10.1. The second-order valence-corrected chi connectivity index (χ2v) is 3.32. The van der Waals surface area contributed by atoms with E-state index in [1.807, 2.05) is 18.5 Å². The van der Waals surface area contributed by atoms with Crippen LogP contribution in [-0.4, -0.2) is 15.5 Å². The van der Waals surface area contributed by atoms with Gasteiger partial charge in [-0.3, -0.25) is 0 Å². The van der Waals surface area contributed by atoms with Gasteiger partial charge in [-0.15, -0.1) is 0 Å². The summed E-state index contributed by atoms with van der Waals surface area (Å²) < 4.78 is 0. The minimum absolute atomic E-state index is 1.01. The molecule has 1 heterocycles. The fourth-order valence-corrected chi connectivity index (χ4v) is 1.37. The van der Waals surface area contributed by atoms with Crippen LogP contribution in [0.25, 0.3) is 0 Å². The maximum atomic E-state index is 8.47. The molecule has 0 atom stereocenters. The molecule has 0 radical (unpaired) electrons. The highest BCUT2D eigenvalue weighted by Crippen LogP contribution is 2.06. The van der Waals surface area contributed by atoms with Crippen LogP contribution in [0.2, 0.25) is 0 Å². The topological polar surface area (TPSA) is 74.7 Å². The predicted molar refractivity (Wildman–Crippen MR) is 59.4 cm³/mol. The van der Waals surface area contributed by atoms with Crippen molar-refractivity contribution in [3.8, 4) is 0 Å². The SMILES string of the molecule is O=[N+](O)O.c1ccc(Cc2cc[nH+]cc2)cc1. The second kappa shape index (κ2) is 6.95. The lowest BCUT2D eigenvalue weighted by Gasteiger charge is -1.98. The van der Waals surface area contributed by atoms with Crippen LogP contribution in [0.3, 0.4) is 0 Å². The Morgan fingerprint density at radius 1 is 0.941 bits per heavy atom. The summed E-state index contributed by atoms with van der Waals surface area (Å²) in [7, 11) is 0. The number of rotatable bonds is 2. The first-order valence-corrected chi connectivity index (χ1v) is 5.02. The van der Waals surface area contributed by atoms with E-state index in [-0.39, 0.29) is 0 Å². The lowest BCUT2D eigenvalue weighted by Crippen LogP contribution is -1.98. The highest BCUT2D eigenvalue weighted by Gasteiger charge is 1.94. The smallest absolute Gasteiger partial charge is 0.218 e. The molecule has 88 valence electrons. The summed E-state index contributed by atoms with van der Waals surface area (Å²) in [6.45, 7) is 0. The Labute approximate surface area is 98.5 Å². The summed E-state index contributed by atoms with van der Waals surface area (Å²) in [5, 5.41) is 12.5. The van der Waals surface area contributed by atoms with Crippen LogP contribution < -0.4 is 4.98 Å². The van der Waals surface area contributed by atoms with Gasteiger partial charge in [0.2, 0.25) is 0 Å². The van der Waals surface area contributed by atoms with Gasteiger partial charge in [-0.2, -0.15) is 0 Å². The zero-order valence-corrected chi connectivity index (χ0v) is 9.15. The standard InChI is InChI=1S/C12H11N.H2NO3/c1-2-4-11(5-3-1)10-12-6-8-13-9-7-12;2-1(3)4/h1-9H,10H2;(H2,2,3,4)/q;+1/p+1. The molecular formula is C12H14N2O3+2. The first-order valence-electron chi connectivity index (χ1n) is 5.02. The highest BCUT2D eigenvalue weighted by atomic mass is 16.9. The normalized spacial score (nSPS) is 8.94. The van der Waals surface area contributed by atoms with Crippen molar-refractivity contribution in [2.45, 2.75) is 6.42 Å². The zero-order chi connectivity index (χ0) is 12.5. The Morgan fingerprint density at radius 2 is 1.41 bits per heavy atom. The van der Waals surface area contributed by atoms with Crippen molar-refractivity contribution >= 4 is 0 Å². The Balaban J connectivity index is 0.000000317. The third kappa shape index (κ3) is 5.88. The van der Waals surface area contributed by atoms with E-state index in [9.17, 15) is 0 Å². The van der Waals surface area contributed by atoms with Gasteiger partial charge >= 0.3 is 5.09 Å². The minimum Gasteiger partial charge on any atom is -0.218 e. The molecule has 0 spiro atoms. The molecule has 0 fully saturated rings. The molecule has 1 aromatic carbocycles. The number of aromatic nitrogens is 1. The first-order chi connectivity index (χ1) is 8.18. The molecule has 5 nitrogen and oxygen atoms in total. The Kier molecular flexibility index (Phi) is 5.16. The van der Waals surface area contributed by atoms with Crippen LogP contribution in [0, 0.1) is 4.91 Å². The van der Waals surface area contributed by atoms with E-state index in [4.69, 9.17) is 15.3 Å². The van der Waals surface area contributed by atoms with Crippen molar-refractivity contribution in [1.82, 2.24) is 0 Å². The van der Waals surface area contributed by atoms with E-state index >= 15 is 0 Å². The van der Waals surface area contributed by atoms with Crippen LogP contribution in [0.5, 0.6) is 0 Å². The third-order valence-electron chi connectivity index (χ3n) is 2.04. The molecule has 0 saturated heterocycles. The Morgan fingerprint density at radius 3 is 1.94 bits per heavy atom. The van der Waals surface area contributed by atoms with Crippen LogP contribution in [0.15, 0.2) is 54.9 Å². The number of aromatic amines is 1. The summed E-state index contributed by atoms with van der Waals surface area (Å²) in [5.41, 5.74) is 2.69. The molecule has 0 aliphatic carbocycles. The maximum absolute atomic E-state index is 8.47. The van der Waals surface area contributed by atoms with E-state index in [0.29, 0.717) is 0 Å². The van der Waals surface area contributed by atoms with Gasteiger partial charge in [-0.25, -0.2) is 15.4 Å². The van der Waals surface area contributed by atoms with E-state index in [1.54, 1.807) is 0 Å². The molecule has 3 N–H and O–H groups in total. The number of pyridine rings is 1. The molecule has 1 aromatic heterocycles. The van der Waals surface area contributed by atoms with Crippen molar-refractivity contribution in [2.75, 3.05) is 0 Å². The minimum atomic E-state index is -1.25. The number of hydrogen-bond acceptors (Lipinski definition) is 1. The van der Waals surface area contributed by atoms with Gasteiger partial charge in [0, 0.05) is 12.1 Å². The highest BCUT2D eigenvalue weighted by molar-refractivity contribution is 5.23. The Hall–Kier alpha value is -2.43. The van der Waals surface area contributed by atoms with Gasteiger partial charge in [0.1, 0.15) is 4.91 Å². The first kappa shape index (κ1) is 12.6. The summed E-state index contributed by atoms with van der Waals surface area (Å²) in [6, 6.07) is 14.7. The fourth-order valence-electron chi connectivity index (χ4n) is 1.37. The van der Waals surface area contributed by atoms with Gasteiger partial charge in [0.05, 0.1) is 0 Å². The number of H-pyrrole nitrogens is 1. The average Bonchev–Trinajstić information content (AvgIpc) is 2.31. The molecular weight excluding hydrogens is 220 g/mol. The van der Waals surface area contributed by atoms with Gasteiger partial charge in [-0.1, -0.05) is 30.3 Å². The number of nitrogens with one attached hydrogen (secondary N) is 1. The lowest BCUT2D eigenvalue weighted by molar-refractivity contribution is -0.969. The number of nitrogens with zero attached hydrogens (tertiary/aromatic N) is 1. The molecule has 0 unspecified atom stereocenters. The van der Waals surface area contributed by atoms with Gasteiger partial charge in [-0.05, 0) is 17.5 Å². The molecule has 0 bridgehead atoms. The van der Waals surface area contributed by atoms with Gasteiger partial charge in [0.15, 0.2) is 12.4 Å². The summed E-state index contributed by atoms with van der Waals surface area (Å²) in [6.07, 6.45) is 4.92. The quantitative estimate of drug-likeness (QED) is 0.775. The van der Waals surface area contributed by atoms with Crippen molar-refractivity contribution < 1.29 is 20.5 Å². The molecule has 0 saturated carbocycles. The number of benzene rings is 1. The van der Waals surface area contributed by atoms with E-state index < -0.39 is 5.09 Å². The molecule has 2 aromatic rings. The van der Waals surface area contributed by atoms with E-state index in [1.165, 1.54) is 11.1 Å². The zero-order valence-electron chi connectivity index (χ0n) is 9.15. The van der Waals surface area contributed by atoms with Crippen LogP contribution in [0.1, 0.15) is 11.1 Å². The summed E-state index contributed by atoms with van der Waals surface area (Å²) in [5.74, 6) is 0. The fraction of sp³-hybridized carbons (Fsp3) is 0.0833. The van der Waals surface area contributed by atoms with Gasteiger partial charge in [0.25, 0.3) is 0 Å². The second-order valence-electron chi connectivity index (χ2n) is 3.32.